The summed E-state index contributed by atoms with van der Waals surface area (Å²) in [7, 11) is -2.86. The van der Waals surface area contributed by atoms with E-state index in [1.807, 2.05) is 60.7 Å². The number of hydrogen-bond acceptors (Lipinski definition) is 2. The maximum atomic E-state index is 13.5. The highest BCUT2D eigenvalue weighted by Gasteiger charge is 2.24. The third-order valence-corrected chi connectivity index (χ3v) is 5.67. The van der Waals surface area contributed by atoms with Gasteiger partial charge in [0.2, 0.25) is 0 Å². The number of benzene rings is 2. The Hall–Kier alpha value is -1.63. The van der Waals surface area contributed by atoms with Crippen LogP contribution in [0.15, 0.2) is 72.6 Å². The van der Waals surface area contributed by atoms with Crippen LogP contribution >= 0.6 is 7.14 Å². The van der Waals surface area contributed by atoms with Crippen LogP contribution < -0.4 is 10.6 Å². The third-order valence-electron chi connectivity index (χ3n) is 2.97. The molecule has 0 atom stereocenters. The van der Waals surface area contributed by atoms with Crippen molar-refractivity contribution in [1.29, 1.82) is 0 Å². The number of rotatable bonds is 4. The van der Waals surface area contributed by atoms with Gasteiger partial charge in [0.1, 0.15) is 0 Å². The monoisotopic (exact) mass is 286 g/mol. The second-order valence-corrected chi connectivity index (χ2v) is 7.95. The van der Waals surface area contributed by atoms with Gasteiger partial charge in [-0.1, -0.05) is 60.7 Å². The predicted octanol–water partition coefficient (Wildman–Crippen LogP) is 3.29. The summed E-state index contributed by atoms with van der Waals surface area (Å²) in [6.45, 7) is 3.34. The SMILES string of the molecule is CC(C)(O)C=CP(=O)(c1ccccc1)c1ccccc1. The van der Waals surface area contributed by atoms with Gasteiger partial charge in [-0.05, 0) is 25.7 Å². The fraction of sp³-hybridized carbons (Fsp3) is 0.176. The Labute approximate surface area is 120 Å². The topological polar surface area (TPSA) is 37.3 Å². The summed E-state index contributed by atoms with van der Waals surface area (Å²) < 4.78 is 13.5. The van der Waals surface area contributed by atoms with Crippen molar-refractivity contribution >= 4 is 17.8 Å². The number of hydrogen-bond donors (Lipinski definition) is 1. The molecule has 1 N–H and O–H groups in total. The van der Waals surface area contributed by atoms with E-state index in [-0.39, 0.29) is 0 Å². The van der Waals surface area contributed by atoms with E-state index < -0.39 is 12.7 Å². The van der Waals surface area contributed by atoms with E-state index in [9.17, 15) is 9.67 Å². The molecule has 0 aliphatic rings. The summed E-state index contributed by atoms with van der Waals surface area (Å²) in [5.74, 6) is 1.65. The molecular weight excluding hydrogens is 267 g/mol. The summed E-state index contributed by atoms with van der Waals surface area (Å²) in [5.41, 5.74) is -0.987. The zero-order chi connectivity index (χ0) is 14.6. The molecule has 0 spiro atoms. The summed E-state index contributed by atoms with van der Waals surface area (Å²) in [4.78, 5) is 0. The molecule has 0 amide bonds. The molecule has 0 aliphatic heterocycles. The minimum absolute atomic E-state index is 0.770. The van der Waals surface area contributed by atoms with Gasteiger partial charge >= 0.3 is 0 Å². The van der Waals surface area contributed by atoms with E-state index in [0.717, 1.165) is 10.6 Å². The fourth-order valence-corrected chi connectivity index (χ4v) is 4.35. The predicted molar refractivity (Wildman–Crippen MR) is 85.2 cm³/mol. The summed E-state index contributed by atoms with van der Waals surface area (Å²) in [6.07, 6.45) is 1.60. The minimum atomic E-state index is -2.86. The van der Waals surface area contributed by atoms with E-state index >= 15 is 0 Å². The molecule has 0 bridgehead atoms. The molecule has 0 heterocycles. The zero-order valence-electron chi connectivity index (χ0n) is 11.7. The first-order valence-corrected chi connectivity index (χ1v) is 8.33. The van der Waals surface area contributed by atoms with Crippen LogP contribution in [0, 0.1) is 0 Å². The van der Waals surface area contributed by atoms with Crippen molar-refractivity contribution in [3.8, 4) is 0 Å². The van der Waals surface area contributed by atoms with Crippen LogP contribution in [-0.2, 0) is 4.57 Å². The molecule has 2 rings (SSSR count). The Morgan fingerprint density at radius 2 is 1.30 bits per heavy atom. The maximum Gasteiger partial charge on any atom is 0.163 e. The second kappa shape index (κ2) is 5.78. The molecule has 0 saturated heterocycles. The Morgan fingerprint density at radius 3 is 1.65 bits per heavy atom. The van der Waals surface area contributed by atoms with E-state index in [1.165, 1.54) is 0 Å². The van der Waals surface area contributed by atoms with Crippen LogP contribution in [-0.4, -0.2) is 10.7 Å². The van der Waals surface area contributed by atoms with E-state index in [4.69, 9.17) is 0 Å². The van der Waals surface area contributed by atoms with E-state index in [1.54, 1.807) is 25.7 Å². The van der Waals surface area contributed by atoms with Crippen molar-refractivity contribution in [2.45, 2.75) is 19.4 Å². The molecule has 0 unspecified atom stereocenters. The zero-order valence-corrected chi connectivity index (χ0v) is 12.6. The molecule has 0 aromatic heterocycles. The Kier molecular flexibility index (Phi) is 4.27. The van der Waals surface area contributed by atoms with Crippen molar-refractivity contribution in [2.24, 2.45) is 0 Å². The molecule has 2 nitrogen and oxygen atoms in total. The highest BCUT2D eigenvalue weighted by molar-refractivity contribution is 7.81. The number of aliphatic hydroxyl groups is 1. The molecule has 0 saturated carbocycles. The quantitative estimate of drug-likeness (QED) is 0.876. The van der Waals surface area contributed by atoms with Crippen molar-refractivity contribution in [1.82, 2.24) is 0 Å². The average molecular weight is 286 g/mol. The van der Waals surface area contributed by atoms with Gasteiger partial charge in [-0.25, -0.2) is 0 Å². The Balaban J connectivity index is 2.56. The smallest absolute Gasteiger partial charge is 0.163 e. The van der Waals surface area contributed by atoms with Crippen molar-refractivity contribution < 1.29 is 9.67 Å². The first-order chi connectivity index (χ1) is 9.42. The minimum Gasteiger partial charge on any atom is -0.386 e. The van der Waals surface area contributed by atoms with Crippen molar-refractivity contribution in [2.75, 3.05) is 0 Å². The lowest BCUT2D eigenvalue weighted by molar-refractivity contribution is 0.133. The van der Waals surface area contributed by atoms with Crippen LogP contribution in [0.25, 0.3) is 0 Å². The van der Waals surface area contributed by atoms with Crippen LogP contribution in [0.5, 0.6) is 0 Å². The molecule has 104 valence electrons. The molecule has 20 heavy (non-hydrogen) atoms. The van der Waals surface area contributed by atoms with Crippen LogP contribution in [0.1, 0.15) is 13.8 Å². The lowest BCUT2D eigenvalue weighted by Gasteiger charge is -2.18. The molecule has 0 fully saturated rings. The molecule has 3 heteroatoms. The lowest BCUT2D eigenvalue weighted by atomic mass is 10.1. The second-order valence-electron chi connectivity index (χ2n) is 5.30. The van der Waals surface area contributed by atoms with Gasteiger partial charge in [0.25, 0.3) is 0 Å². The Morgan fingerprint density at radius 1 is 0.900 bits per heavy atom. The largest absolute Gasteiger partial charge is 0.386 e. The van der Waals surface area contributed by atoms with Gasteiger partial charge in [-0.2, -0.15) is 0 Å². The molecule has 2 aromatic carbocycles. The molecule has 0 radical (unpaired) electrons. The maximum absolute atomic E-state index is 13.5. The van der Waals surface area contributed by atoms with E-state index in [2.05, 4.69) is 0 Å². The Bertz CT molecular complexity index is 582. The molecule has 0 aliphatic carbocycles. The van der Waals surface area contributed by atoms with Crippen LogP contribution in [0.2, 0.25) is 0 Å². The normalized spacial score (nSPS) is 12.8. The summed E-state index contributed by atoms with van der Waals surface area (Å²) in [5, 5.41) is 11.4. The molecular formula is C17H19O2P. The first kappa shape index (κ1) is 14.8. The highest BCUT2D eigenvalue weighted by Crippen LogP contribution is 2.45. The van der Waals surface area contributed by atoms with Gasteiger partial charge in [0, 0.05) is 10.6 Å². The van der Waals surface area contributed by atoms with Crippen molar-refractivity contribution in [3.05, 3.63) is 72.6 Å². The standard InChI is InChI=1S/C17H19O2P/c1-17(2,18)13-14-20(19,15-9-5-3-6-10-15)16-11-7-4-8-12-16/h3-14,18H,1-2H3. The third kappa shape index (κ3) is 3.47. The lowest BCUT2D eigenvalue weighted by Crippen LogP contribution is -2.17. The van der Waals surface area contributed by atoms with Crippen LogP contribution in [0.3, 0.4) is 0 Å². The average Bonchev–Trinajstić information content (AvgIpc) is 2.46. The van der Waals surface area contributed by atoms with E-state index in [0.29, 0.717) is 0 Å². The fourth-order valence-electron chi connectivity index (χ4n) is 1.91. The first-order valence-electron chi connectivity index (χ1n) is 6.55. The molecule has 2 aromatic rings. The summed E-state index contributed by atoms with van der Waals surface area (Å²) >= 11 is 0. The van der Waals surface area contributed by atoms with Gasteiger partial charge in [-0.3, -0.25) is 0 Å². The highest BCUT2D eigenvalue weighted by atomic mass is 31.2. The van der Waals surface area contributed by atoms with Gasteiger partial charge in [0.05, 0.1) is 5.60 Å². The van der Waals surface area contributed by atoms with Crippen molar-refractivity contribution in [3.63, 3.8) is 0 Å². The van der Waals surface area contributed by atoms with Crippen LogP contribution in [0.4, 0.5) is 0 Å². The van der Waals surface area contributed by atoms with Gasteiger partial charge < -0.3 is 9.67 Å². The summed E-state index contributed by atoms with van der Waals surface area (Å²) in [6, 6.07) is 18.8. The van der Waals surface area contributed by atoms with Gasteiger partial charge in [0.15, 0.2) is 7.14 Å². The van der Waals surface area contributed by atoms with Gasteiger partial charge in [-0.15, -0.1) is 0 Å².